The number of amides is 1. The number of fused-ring (bicyclic) bond motifs is 2. The highest BCUT2D eigenvalue weighted by molar-refractivity contribution is 7.98. The van der Waals surface area contributed by atoms with Gasteiger partial charge in [-0.2, -0.15) is 0 Å². The number of carbonyl (C=O) groups is 3. The van der Waals surface area contributed by atoms with E-state index in [0.29, 0.717) is 36.6 Å². The molecule has 1 aliphatic carbocycles. The first kappa shape index (κ1) is 26.6. The molecular weight excluding hydrogens is 470 g/mol. The van der Waals surface area contributed by atoms with Crippen molar-refractivity contribution in [1.82, 2.24) is 14.4 Å². The number of likely N-dealkylation sites (N-methyl/N-ethyl adjacent to an activating group) is 1. The quantitative estimate of drug-likeness (QED) is 0.472. The molecule has 1 amide bonds. The van der Waals surface area contributed by atoms with Crippen LogP contribution < -0.4 is 0 Å². The molecule has 1 aromatic heterocycles. The van der Waals surface area contributed by atoms with Crippen LogP contribution in [0.2, 0.25) is 0 Å². The number of nitrogens with zero attached hydrogens (tertiary/aromatic N) is 3. The van der Waals surface area contributed by atoms with Crippen LogP contribution in [-0.4, -0.2) is 89.2 Å². The molecule has 4 rings (SSSR count). The molecule has 190 valence electrons. The van der Waals surface area contributed by atoms with Gasteiger partial charge in [0.15, 0.2) is 0 Å². The van der Waals surface area contributed by atoms with Gasteiger partial charge >= 0.3 is 18.0 Å². The number of aromatic nitrogens is 1. The van der Waals surface area contributed by atoms with Gasteiger partial charge in [0, 0.05) is 68.6 Å². The van der Waals surface area contributed by atoms with Gasteiger partial charge in [-0.3, -0.25) is 0 Å². The van der Waals surface area contributed by atoms with Crippen LogP contribution in [0.25, 0.3) is 10.9 Å². The fraction of sp³-hybridized carbons (Fsp3) is 0.480. The fourth-order valence-corrected chi connectivity index (χ4v) is 6.01. The van der Waals surface area contributed by atoms with Crippen molar-refractivity contribution in [2.75, 3.05) is 40.6 Å². The summed E-state index contributed by atoms with van der Waals surface area (Å²) in [7, 11) is 7.87. The summed E-state index contributed by atoms with van der Waals surface area (Å²) in [5, 5.41) is 18.5. The summed E-state index contributed by atoms with van der Waals surface area (Å²) in [5.41, 5.74) is 4.33. The first-order valence-corrected chi connectivity index (χ1v) is 12.6. The van der Waals surface area contributed by atoms with Gasteiger partial charge in [0.25, 0.3) is 0 Å². The number of carboxylic acid groups (broad SMARTS) is 2. The highest BCUT2D eigenvalue weighted by atomic mass is 32.2. The lowest BCUT2D eigenvalue weighted by molar-refractivity contribution is -0.134. The highest BCUT2D eigenvalue weighted by Gasteiger charge is 2.41. The number of ether oxygens (including phenoxy) is 1. The minimum Gasteiger partial charge on any atom is -0.478 e. The Kier molecular flexibility index (Phi) is 8.50. The molecule has 35 heavy (non-hydrogen) atoms. The summed E-state index contributed by atoms with van der Waals surface area (Å²) in [6, 6.07) is 7.28. The van der Waals surface area contributed by atoms with Gasteiger partial charge < -0.3 is 29.3 Å². The number of benzene rings is 1. The molecule has 9 nitrogen and oxygen atoms in total. The Morgan fingerprint density at radius 1 is 1.17 bits per heavy atom. The molecule has 2 aliphatic rings. The van der Waals surface area contributed by atoms with Gasteiger partial charge in [0.2, 0.25) is 0 Å². The van der Waals surface area contributed by atoms with Gasteiger partial charge in [0.05, 0.1) is 11.6 Å². The van der Waals surface area contributed by atoms with Crippen LogP contribution >= 0.6 is 11.8 Å². The van der Waals surface area contributed by atoms with Crippen molar-refractivity contribution in [3.05, 3.63) is 41.5 Å². The van der Waals surface area contributed by atoms with Crippen LogP contribution in [0, 0.1) is 5.92 Å². The monoisotopic (exact) mass is 503 g/mol. The second-order valence-corrected chi connectivity index (χ2v) is 9.98. The highest BCUT2D eigenvalue weighted by Crippen LogP contribution is 2.47. The average molecular weight is 504 g/mol. The number of rotatable bonds is 5. The Balaban J connectivity index is 0.000000371. The summed E-state index contributed by atoms with van der Waals surface area (Å²) in [5.74, 6) is -1.64. The molecule has 3 atom stereocenters. The normalized spacial score (nSPS) is 21.2. The zero-order chi connectivity index (χ0) is 25.9. The van der Waals surface area contributed by atoms with Crippen molar-refractivity contribution >= 4 is 40.7 Å². The SMILES string of the molecule is CSc1c2c3c(cccc3n1C)C1C[C@@H](COC(=O)N(C)C)CN(C)[C@@H]1C2.O=C(O)/C=C\C(=O)O. The number of aryl methyl sites for hydroxylation is 1. The van der Waals surface area contributed by atoms with Crippen LogP contribution in [0.1, 0.15) is 23.5 Å². The number of carboxylic acids is 2. The van der Waals surface area contributed by atoms with Gasteiger partial charge in [-0.25, -0.2) is 14.4 Å². The maximum atomic E-state index is 11.8. The minimum atomic E-state index is -1.26. The first-order chi connectivity index (χ1) is 16.5. The molecule has 0 saturated carbocycles. The van der Waals surface area contributed by atoms with Crippen molar-refractivity contribution in [2.24, 2.45) is 13.0 Å². The number of likely N-dealkylation sites (tertiary alicyclic amines) is 1. The van der Waals surface area contributed by atoms with Gasteiger partial charge in [-0.1, -0.05) is 12.1 Å². The van der Waals surface area contributed by atoms with Crippen molar-refractivity contribution in [3.8, 4) is 0 Å². The molecule has 1 fully saturated rings. The van der Waals surface area contributed by atoms with E-state index in [-0.39, 0.29) is 6.09 Å². The predicted octanol–water partition coefficient (Wildman–Crippen LogP) is 3.27. The Bertz CT molecular complexity index is 1130. The van der Waals surface area contributed by atoms with Gasteiger partial charge in [-0.05, 0) is 43.3 Å². The molecular formula is C25H33N3O6S. The van der Waals surface area contributed by atoms with Crippen LogP contribution in [-0.2, 0) is 27.8 Å². The Morgan fingerprint density at radius 3 is 2.40 bits per heavy atom. The standard InChI is InChI=1S/C21H29N3O2S.C4H4O4/c1-22(2)21(25)26-12-13-9-15-14-7-6-8-17-19(14)16(20(27-5)24(17)4)10-18(15)23(3)11-13;5-3(6)1-2-4(7)8/h6-8,13,15,18H,9-12H2,1-5H3;1-2H,(H,5,6)(H,7,8)/b;2-1-/t13-,15?,18-;/m1./s1. The van der Waals surface area contributed by atoms with E-state index < -0.39 is 11.9 Å². The zero-order valence-corrected chi connectivity index (χ0v) is 21.5. The summed E-state index contributed by atoms with van der Waals surface area (Å²) in [6.45, 7) is 1.48. The molecule has 1 saturated heterocycles. The number of carbonyl (C=O) groups excluding carboxylic acids is 1. The molecule has 10 heteroatoms. The number of aliphatic carboxylic acids is 2. The molecule has 0 spiro atoms. The average Bonchev–Trinajstić information content (AvgIpc) is 3.09. The fourth-order valence-electron chi connectivity index (χ4n) is 5.21. The maximum absolute atomic E-state index is 11.8. The molecule has 2 heterocycles. The third kappa shape index (κ3) is 5.82. The maximum Gasteiger partial charge on any atom is 0.409 e. The lowest BCUT2D eigenvalue weighted by Crippen LogP contribution is -2.49. The van der Waals surface area contributed by atoms with E-state index in [9.17, 15) is 14.4 Å². The second kappa shape index (κ2) is 11.2. The van der Waals surface area contributed by atoms with E-state index in [1.54, 1.807) is 14.1 Å². The van der Waals surface area contributed by atoms with E-state index in [2.05, 4.69) is 48.0 Å². The Labute approximate surface area is 209 Å². The van der Waals surface area contributed by atoms with Crippen molar-refractivity contribution in [2.45, 2.75) is 29.8 Å². The lowest BCUT2D eigenvalue weighted by Gasteiger charge is -2.45. The molecule has 2 aromatic rings. The van der Waals surface area contributed by atoms with Crippen LogP contribution in [0.5, 0.6) is 0 Å². The minimum absolute atomic E-state index is 0.250. The van der Waals surface area contributed by atoms with Crippen molar-refractivity contribution in [1.29, 1.82) is 0 Å². The topological polar surface area (TPSA) is 112 Å². The van der Waals surface area contributed by atoms with E-state index in [1.165, 1.54) is 32.0 Å². The van der Waals surface area contributed by atoms with Gasteiger partial charge in [0.1, 0.15) is 0 Å². The third-order valence-electron chi connectivity index (χ3n) is 6.65. The van der Waals surface area contributed by atoms with Crippen LogP contribution in [0.4, 0.5) is 4.79 Å². The largest absolute Gasteiger partial charge is 0.478 e. The molecule has 0 radical (unpaired) electrons. The lowest BCUT2D eigenvalue weighted by atomic mass is 9.72. The molecule has 1 unspecified atom stereocenters. The van der Waals surface area contributed by atoms with E-state index in [1.807, 2.05) is 11.8 Å². The van der Waals surface area contributed by atoms with Crippen LogP contribution in [0.15, 0.2) is 35.4 Å². The molecule has 0 bridgehead atoms. The van der Waals surface area contributed by atoms with Gasteiger partial charge in [-0.15, -0.1) is 11.8 Å². The number of piperidine rings is 1. The van der Waals surface area contributed by atoms with Crippen molar-refractivity contribution < 1.29 is 29.3 Å². The molecule has 1 aliphatic heterocycles. The number of thioether (sulfide) groups is 1. The van der Waals surface area contributed by atoms with Crippen molar-refractivity contribution in [3.63, 3.8) is 0 Å². The summed E-state index contributed by atoms with van der Waals surface area (Å²) >= 11 is 1.85. The predicted molar refractivity (Wildman–Crippen MR) is 135 cm³/mol. The Hall–Kier alpha value is -2.98. The smallest absolute Gasteiger partial charge is 0.409 e. The summed E-state index contributed by atoms with van der Waals surface area (Å²) in [4.78, 5) is 34.9. The molecule has 2 N–H and O–H groups in total. The first-order valence-electron chi connectivity index (χ1n) is 11.4. The summed E-state index contributed by atoms with van der Waals surface area (Å²) < 4.78 is 7.86. The van der Waals surface area contributed by atoms with Crippen LogP contribution in [0.3, 0.4) is 0 Å². The summed E-state index contributed by atoms with van der Waals surface area (Å²) in [6.07, 6.45) is 5.23. The van der Waals surface area contributed by atoms with E-state index in [0.717, 1.165) is 19.4 Å². The Morgan fingerprint density at radius 2 is 1.83 bits per heavy atom. The second-order valence-electron chi connectivity index (χ2n) is 9.19. The molecule has 1 aromatic carbocycles. The number of hydrogen-bond acceptors (Lipinski definition) is 6. The van der Waals surface area contributed by atoms with E-state index >= 15 is 0 Å². The third-order valence-corrected chi connectivity index (χ3v) is 7.55. The zero-order valence-electron chi connectivity index (χ0n) is 20.7. The van der Waals surface area contributed by atoms with E-state index in [4.69, 9.17) is 14.9 Å². The number of hydrogen-bond donors (Lipinski definition) is 2.